The van der Waals surface area contributed by atoms with E-state index in [1.54, 1.807) is 54.2 Å². The van der Waals surface area contributed by atoms with E-state index in [1.807, 2.05) is 36.5 Å². The molecule has 1 heterocycles. The number of amides is 1. The van der Waals surface area contributed by atoms with Crippen molar-refractivity contribution in [1.82, 2.24) is 15.1 Å². The van der Waals surface area contributed by atoms with Crippen molar-refractivity contribution >= 4 is 21.6 Å². The number of carbonyl (C=O) groups excluding carboxylic acids is 1. The molecule has 9 heteroatoms. The number of rotatable bonds is 9. The third-order valence-electron chi connectivity index (χ3n) is 5.50. The number of nitrogens with zero attached hydrogens (tertiary/aromatic N) is 2. The lowest BCUT2D eigenvalue weighted by Crippen LogP contribution is -2.26. The Bertz CT molecular complexity index is 1420. The molecule has 8 nitrogen and oxygen atoms in total. The van der Waals surface area contributed by atoms with E-state index in [2.05, 4.69) is 15.1 Å². The van der Waals surface area contributed by atoms with E-state index in [-0.39, 0.29) is 16.4 Å². The topological polar surface area (TPSA) is 102 Å². The molecule has 0 radical (unpaired) electrons. The zero-order valence-corrected chi connectivity index (χ0v) is 20.2. The number of carbonyl (C=O) groups is 1. The minimum absolute atomic E-state index is 0.0327. The van der Waals surface area contributed by atoms with Crippen LogP contribution in [-0.2, 0) is 16.4 Å². The highest BCUT2D eigenvalue weighted by Gasteiger charge is 2.20. The molecule has 0 fully saturated rings. The van der Waals surface area contributed by atoms with Gasteiger partial charge >= 0.3 is 0 Å². The lowest BCUT2D eigenvalue weighted by atomic mass is 10.1. The van der Waals surface area contributed by atoms with Crippen molar-refractivity contribution in [3.63, 3.8) is 0 Å². The number of sulfonamides is 1. The Kier molecular flexibility index (Phi) is 7.17. The first-order valence-electron chi connectivity index (χ1n) is 11.0. The van der Waals surface area contributed by atoms with Crippen LogP contribution in [0.2, 0.25) is 0 Å². The fraction of sp³-hybridized carbons (Fsp3) is 0.154. The average Bonchev–Trinajstić information content (AvgIpc) is 3.40. The van der Waals surface area contributed by atoms with E-state index in [0.717, 1.165) is 11.3 Å². The number of aryl methyl sites for hydroxylation is 1. The minimum Gasteiger partial charge on any atom is -0.495 e. The predicted molar refractivity (Wildman–Crippen MR) is 135 cm³/mol. The number of methoxy groups -OCH3 is 1. The van der Waals surface area contributed by atoms with Gasteiger partial charge in [0.1, 0.15) is 5.75 Å². The second-order valence-electron chi connectivity index (χ2n) is 7.91. The molecular formula is C26H26N4O4S. The summed E-state index contributed by atoms with van der Waals surface area (Å²) in [6.45, 7) is 2.10. The number of para-hydroxylation sites is 2. The third-order valence-corrected chi connectivity index (χ3v) is 7.00. The van der Waals surface area contributed by atoms with E-state index < -0.39 is 10.0 Å². The van der Waals surface area contributed by atoms with E-state index in [4.69, 9.17) is 4.74 Å². The highest BCUT2D eigenvalue weighted by atomic mass is 32.2. The molecule has 0 saturated heterocycles. The number of hydrogen-bond acceptors (Lipinski definition) is 5. The van der Waals surface area contributed by atoms with Crippen molar-refractivity contribution in [2.24, 2.45) is 0 Å². The quantitative estimate of drug-likeness (QED) is 0.370. The molecule has 0 aliphatic heterocycles. The molecule has 0 spiro atoms. The number of anilines is 1. The first-order chi connectivity index (χ1) is 16.9. The number of hydrogen-bond donors (Lipinski definition) is 2. The molecule has 0 saturated carbocycles. The van der Waals surface area contributed by atoms with Gasteiger partial charge in [0, 0.05) is 24.5 Å². The molecule has 35 heavy (non-hydrogen) atoms. The Labute approximate surface area is 204 Å². The molecule has 1 aromatic heterocycles. The normalized spacial score (nSPS) is 11.1. The van der Waals surface area contributed by atoms with E-state index in [0.29, 0.717) is 30.0 Å². The maximum absolute atomic E-state index is 13.1. The summed E-state index contributed by atoms with van der Waals surface area (Å²) in [6.07, 6.45) is 4.23. The van der Waals surface area contributed by atoms with Crippen LogP contribution in [0.1, 0.15) is 21.5 Å². The lowest BCUT2D eigenvalue weighted by Gasteiger charge is -2.14. The van der Waals surface area contributed by atoms with Gasteiger partial charge in [0.05, 0.1) is 23.4 Å². The second kappa shape index (κ2) is 10.4. The van der Waals surface area contributed by atoms with Crippen LogP contribution in [0.3, 0.4) is 0 Å². The van der Waals surface area contributed by atoms with Gasteiger partial charge in [-0.05, 0) is 66.9 Å². The van der Waals surface area contributed by atoms with E-state index >= 15 is 0 Å². The molecule has 0 aliphatic carbocycles. The van der Waals surface area contributed by atoms with Crippen molar-refractivity contribution in [3.8, 4) is 11.4 Å². The zero-order valence-electron chi connectivity index (χ0n) is 19.4. The summed E-state index contributed by atoms with van der Waals surface area (Å²) in [5, 5.41) is 7.07. The molecule has 4 aromatic rings. The van der Waals surface area contributed by atoms with Gasteiger partial charge in [0.2, 0.25) is 0 Å². The fourth-order valence-electron chi connectivity index (χ4n) is 3.62. The molecular weight excluding hydrogens is 464 g/mol. The van der Waals surface area contributed by atoms with Crippen LogP contribution < -0.4 is 14.8 Å². The molecule has 1 amide bonds. The Hall–Kier alpha value is -4.11. The fourth-order valence-corrected chi connectivity index (χ4v) is 4.96. The summed E-state index contributed by atoms with van der Waals surface area (Å²) >= 11 is 0. The van der Waals surface area contributed by atoms with Gasteiger partial charge in [-0.1, -0.05) is 30.3 Å². The summed E-state index contributed by atoms with van der Waals surface area (Å²) in [4.78, 5) is 12.8. The smallest absolute Gasteiger partial charge is 0.262 e. The molecule has 0 aliphatic rings. The van der Waals surface area contributed by atoms with Crippen LogP contribution in [0.25, 0.3) is 5.69 Å². The summed E-state index contributed by atoms with van der Waals surface area (Å²) in [5.41, 5.74) is 3.14. The summed E-state index contributed by atoms with van der Waals surface area (Å²) in [6, 6.07) is 21.1. The highest BCUT2D eigenvalue weighted by Crippen LogP contribution is 2.27. The highest BCUT2D eigenvalue weighted by molar-refractivity contribution is 7.92. The monoisotopic (exact) mass is 490 g/mol. The molecule has 2 N–H and O–H groups in total. The van der Waals surface area contributed by atoms with Crippen molar-refractivity contribution in [1.29, 1.82) is 0 Å². The Balaban J connectivity index is 1.41. The standard InChI is InChI=1S/C26H26N4O4S/c1-19-8-11-21(18-25(19)35(32,33)29-23-6-3-4-7-24(23)34-2)26(31)27-16-14-20-9-12-22(13-10-20)30-17-5-15-28-30/h3-13,15,17-18,29H,14,16H2,1-2H3,(H,27,31). The number of nitrogens with one attached hydrogen (secondary N) is 2. The molecule has 0 atom stereocenters. The SMILES string of the molecule is COc1ccccc1NS(=O)(=O)c1cc(C(=O)NCCc2ccc(-n3cccn3)cc2)ccc1C. The summed E-state index contributed by atoms with van der Waals surface area (Å²) in [5.74, 6) is 0.0622. The average molecular weight is 491 g/mol. The van der Waals surface area contributed by atoms with E-state index in [1.165, 1.54) is 13.2 Å². The van der Waals surface area contributed by atoms with E-state index in [9.17, 15) is 13.2 Å². The molecule has 3 aromatic carbocycles. The molecule has 4 rings (SSSR count). The Morgan fingerprint density at radius 1 is 1.03 bits per heavy atom. The van der Waals surface area contributed by atoms with Crippen LogP contribution >= 0.6 is 0 Å². The van der Waals surface area contributed by atoms with Crippen LogP contribution in [0.5, 0.6) is 5.75 Å². The van der Waals surface area contributed by atoms with Gasteiger partial charge in [-0.3, -0.25) is 9.52 Å². The maximum Gasteiger partial charge on any atom is 0.262 e. The lowest BCUT2D eigenvalue weighted by molar-refractivity contribution is 0.0954. The summed E-state index contributed by atoms with van der Waals surface area (Å²) in [7, 11) is -2.47. The largest absolute Gasteiger partial charge is 0.495 e. The predicted octanol–water partition coefficient (Wildman–Crippen LogP) is 3.96. The van der Waals surface area contributed by atoms with Crippen molar-refractivity contribution in [3.05, 3.63) is 102 Å². The van der Waals surface area contributed by atoms with Crippen molar-refractivity contribution in [2.45, 2.75) is 18.2 Å². The number of benzene rings is 3. The number of ether oxygens (including phenoxy) is 1. The summed E-state index contributed by atoms with van der Waals surface area (Å²) < 4.78 is 35.7. The molecule has 0 bridgehead atoms. The molecule has 0 unspecified atom stereocenters. The first kappa shape index (κ1) is 24.0. The van der Waals surface area contributed by atoms with Gasteiger partial charge in [-0.25, -0.2) is 13.1 Å². The van der Waals surface area contributed by atoms with Crippen LogP contribution in [0.15, 0.2) is 90.1 Å². The Morgan fingerprint density at radius 3 is 2.51 bits per heavy atom. The van der Waals surface area contributed by atoms with Gasteiger partial charge in [0.25, 0.3) is 15.9 Å². The van der Waals surface area contributed by atoms with Crippen molar-refractivity contribution in [2.75, 3.05) is 18.4 Å². The van der Waals surface area contributed by atoms with Gasteiger partial charge in [-0.15, -0.1) is 0 Å². The first-order valence-corrected chi connectivity index (χ1v) is 12.5. The van der Waals surface area contributed by atoms with Crippen LogP contribution in [0.4, 0.5) is 5.69 Å². The van der Waals surface area contributed by atoms with Crippen molar-refractivity contribution < 1.29 is 17.9 Å². The van der Waals surface area contributed by atoms with Gasteiger partial charge in [0.15, 0.2) is 0 Å². The van der Waals surface area contributed by atoms with Gasteiger partial charge in [-0.2, -0.15) is 5.10 Å². The maximum atomic E-state index is 13.1. The van der Waals surface area contributed by atoms with Crippen LogP contribution in [0, 0.1) is 6.92 Å². The minimum atomic E-state index is -3.94. The third kappa shape index (κ3) is 5.70. The van der Waals surface area contributed by atoms with Crippen LogP contribution in [-0.4, -0.2) is 37.8 Å². The second-order valence-corrected chi connectivity index (χ2v) is 9.56. The molecule has 180 valence electrons. The Morgan fingerprint density at radius 2 is 1.80 bits per heavy atom. The number of aromatic nitrogens is 2. The zero-order chi connectivity index (χ0) is 24.8. The van der Waals surface area contributed by atoms with Gasteiger partial charge < -0.3 is 10.1 Å².